The first-order valence-corrected chi connectivity index (χ1v) is 9.70. The zero-order valence-electron chi connectivity index (χ0n) is 15.5. The SMILES string of the molecule is CC(C)(C)OC(=O)NCC(C)(CC(=O)O)c1ccc(OS(C)(=O)=O)cc1. The molecule has 0 heterocycles. The van der Waals surface area contributed by atoms with Gasteiger partial charge in [0, 0.05) is 12.0 Å². The summed E-state index contributed by atoms with van der Waals surface area (Å²) in [4.78, 5) is 23.1. The molecule has 0 radical (unpaired) electrons. The second-order valence-corrected chi connectivity index (χ2v) is 8.87. The van der Waals surface area contributed by atoms with E-state index in [4.69, 9.17) is 8.92 Å². The highest BCUT2D eigenvalue weighted by molar-refractivity contribution is 7.86. The van der Waals surface area contributed by atoms with Crippen molar-refractivity contribution in [3.63, 3.8) is 0 Å². The Kier molecular flexibility index (Phi) is 6.65. The highest BCUT2D eigenvalue weighted by Gasteiger charge is 2.31. The van der Waals surface area contributed by atoms with E-state index in [9.17, 15) is 23.1 Å². The number of carbonyl (C=O) groups excluding carboxylic acids is 1. The molecule has 8 nitrogen and oxygen atoms in total. The number of benzene rings is 1. The number of carboxylic acid groups (broad SMARTS) is 1. The quantitative estimate of drug-likeness (QED) is 0.689. The molecule has 1 rings (SSSR count). The summed E-state index contributed by atoms with van der Waals surface area (Å²) in [5.74, 6) is -0.913. The smallest absolute Gasteiger partial charge is 0.407 e. The van der Waals surface area contributed by atoms with E-state index in [0.717, 1.165) is 6.26 Å². The maximum Gasteiger partial charge on any atom is 0.407 e. The second kappa shape index (κ2) is 7.94. The molecule has 0 saturated carbocycles. The topological polar surface area (TPSA) is 119 Å². The number of nitrogens with one attached hydrogen (secondary N) is 1. The van der Waals surface area contributed by atoms with Crippen molar-refractivity contribution >= 4 is 22.2 Å². The lowest BCUT2D eigenvalue weighted by atomic mass is 9.79. The average molecular weight is 387 g/mol. The van der Waals surface area contributed by atoms with Crippen LogP contribution in [0.2, 0.25) is 0 Å². The van der Waals surface area contributed by atoms with Gasteiger partial charge in [-0.05, 0) is 38.5 Å². The lowest BCUT2D eigenvalue weighted by Crippen LogP contribution is -2.42. The molecule has 1 aromatic rings. The first-order valence-electron chi connectivity index (χ1n) is 7.89. The second-order valence-electron chi connectivity index (χ2n) is 7.30. The van der Waals surface area contributed by atoms with Crippen LogP contribution in [-0.2, 0) is 25.1 Å². The molecular weight excluding hydrogens is 362 g/mol. The zero-order valence-corrected chi connectivity index (χ0v) is 16.3. The van der Waals surface area contributed by atoms with E-state index >= 15 is 0 Å². The van der Waals surface area contributed by atoms with Gasteiger partial charge in [0.05, 0.1) is 12.7 Å². The molecule has 1 aromatic carbocycles. The molecule has 9 heteroatoms. The summed E-state index contributed by atoms with van der Waals surface area (Å²) >= 11 is 0. The normalized spacial score (nSPS) is 14.2. The largest absolute Gasteiger partial charge is 0.481 e. The van der Waals surface area contributed by atoms with Gasteiger partial charge in [0.15, 0.2) is 0 Å². The third-order valence-electron chi connectivity index (χ3n) is 3.36. The standard InChI is InChI=1S/C17H25NO7S/c1-16(2,3)24-15(21)18-11-17(4,10-14(19)20)12-6-8-13(9-7-12)25-26(5,22)23/h6-9H,10-11H2,1-5H3,(H,18,21)(H,19,20). The molecule has 0 fully saturated rings. The van der Waals surface area contributed by atoms with Gasteiger partial charge in [0.1, 0.15) is 11.4 Å². The Hall–Kier alpha value is -2.29. The molecule has 0 aromatic heterocycles. The monoisotopic (exact) mass is 387 g/mol. The number of rotatable bonds is 7. The van der Waals surface area contributed by atoms with E-state index in [-0.39, 0.29) is 18.7 Å². The molecule has 0 bridgehead atoms. The van der Waals surface area contributed by atoms with Gasteiger partial charge < -0.3 is 19.3 Å². The summed E-state index contributed by atoms with van der Waals surface area (Å²) < 4.78 is 32.2. The molecule has 0 spiro atoms. The molecular formula is C17H25NO7S. The Morgan fingerprint density at radius 3 is 2.08 bits per heavy atom. The Morgan fingerprint density at radius 2 is 1.65 bits per heavy atom. The van der Waals surface area contributed by atoms with Crippen LogP contribution in [0.5, 0.6) is 5.75 Å². The Balaban J connectivity index is 2.97. The van der Waals surface area contributed by atoms with Crippen molar-refractivity contribution in [2.24, 2.45) is 0 Å². The number of carboxylic acids is 1. The first-order chi connectivity index (χ1) is 11.7. The summed E-state index contributed by atoms with van der Waals surface area (Å²) in [5, 5.41) is 11.8. The Morgan fingerprint density at radius 1 is 1.12 bits per heavy atom. The molecule has 1 amide bonds. The number of aliphatic carboxylic acids is 1. The minimum atomic E-state index is -3.65. The van der Waals surface area contributed by atoms with Gasteiger partial charge in [-0.25, -0.2) is 4.79 Å². The highest BCUT2D eigenvalue weighted by atomic mass is 32.2. The summed E-state index contributed by atoms with van der Waals surface area (Å²) in [7, 11) is -3.65. The van der Waals surface area contributed by atoms with E-state index in [1.165, 1.54) is 12.1 Å². The number of hydrogen-bond acceptors (Lipinski definition) is 6. The number of hydrogen-bond donors (Lipinski definition) is 2. The third kappa shape index (κ3) is 7.73. The third-order valence-corrected chi connectivity index (χ3v) is 3.86. The van der Waals surface area contributed by atoms with Gasteiger partial charge in [-0.1, -0.05) is 19.1 Å². The van der Waals surface area contributed by atoms with Crippen LogP contribution in [0, 0.1) is 0 Å². The van der Waals surface area contributed by atoms with E-state index in [1.807, 2.05) is 0 Å². The lowest BCUT2D eigenvalue weighted by Gasteiger charge is -2.29. The lowest BCUT2D eigenvalue weighted by molar-refractivity contribution is -0.138. The molecule has 26 heavy (non-hydrogen) atoms. The van der Waals surface area contributed by atoms with E-state index < -0.39 is 33.2 Å². The van der Waals surface area contributed by atoms with Crippen LogP contribution in [0.15, 0.2) is 24.3 Å². The minimum absolute atomic E-state index is 0.0283. The van der Waals surface area contributed by atoms with Crippen molar-refractivity contribution < 1.29 is 32.0 Å². The van der Waals surface area contributed by atoms with Gasteiger partial charge >= 0.3 is 22.2 Å². The summed E-state index contributed by atoms with van der Waals surface area (Å²) in [6.45, 7) is 6.89. The number of ether oxygens (including phenoxy) is 1. The van der Waals surface area contributed by atoms with Gasteiger partial charge in [0.25, 0.3) is 0 Å². The van der Waals surface area contributed by atoms with Crippen molar-refractivity contribution in [3.05, 3.63) is 29.8 Å². The molecule has 0 saturated heterocycles. The zero-order chi connectivity index (χ0) is 20.2. The van der Waals surface area contributed by atoms with Crippen molar-refractivity contribution in [2.45, 2.75) is 45.1 Å². The summed E-state index contributed by atoms with van der Waals surface area (Å²) in [5.41, 5.74) is -0.985. The minimum Gasteiger partial charge on any atom is -0.481 e. The maximum absolute atomic E-state index is 11.9. The predicted octanol–water partition coefficient (Wildman–Crippen LogP) is 2.28. The first kappa shape index (κ1) is 21.8. The van der Waals surface area contributed by atoms with Gasteiger partial charge in [-0.3, -0.25) is 4.79 Å². The van der Waals surface area contributed by atoms with E-state index in [1.54, 1.807) is 39.8 Å². The van der Waals surface area contributed by atoms with Crippen molar-refractivity contribution in [1.29, 1.82) is 0 Å². The maximum atomic E-state index is 11.9. The molecule has 1 atom stereocenters. The highest BCUT2D eigenvalue weighted by Crippen LogP contribution is 2.29. The fourth-order valence-corrected chi connectivity index (χ4v) is 2.73. The average Bonchev–Trinajstić information content (AvgIpc) is 2.41. The van der Waals surface area contributed by atoms with Crippen LogP contribution in [-0.4, -0.2) is 44.0 Å². The van der Waals surface area contributed by atoms with Crippen molar-refractivity contribution in [3.8, 4) is 5.75 Å². The Bertz CT molecular complexity index is 750. The molecule has 0 aliphatic carbocycles. The molecule has 1 unspecified atom stereocenters. The molecule has 0 aliphatic heterocycles. The van der Waals surface area contributed by atoms with Gasteiger partial charge in [-0.15, -0.1) is 0 Å². The number of amides is 1. The molecule has 0 aliphatic rings. The van der Waals surface area contributed by atoms with Gasteiger partial charge in [-0.2, -0.15) is 8.42 Å². The predicted molar refractivity (Wildman–Crippen MR) is 95.8 cm³/mol. The fourth-order valence-electron chi connectivity index (χ4n) is 2.27. The van der Waals surface area contributed by atoms with Crippen molar-refractivity contribution in [2.75, 3.05) is 12.8 Å². The van der Waals surface area contributed by atoms with Crippen LogP contribution in [0.3, 0.4) is 0 Å². The Labute approximate surface area is 153 Å². The summed E-state index contributed by atoms with van der Waals surface area (Å²) in [6.07, 6.45) is 0.0427. The van der Waals surface area contributed by atoms with E-state index in [0.29, 0.717) is 5.56 Å². The van der Waals surface area contributed by atoms with Crippen LogP contribution in [0.1, 0.15) is 39.7 Å². The molecule has 2 N–H and O–H groups in total. The van der Waals surface area contributed by atoms with Crippen LogP contribution >= 0.6 is 0 Å². The van der Waals surface area contributed by atoms with E-state index in [2.05, 4.69) is 5.32 Å². The number of carbonyl (C=O) groups is 2. The molecule has 146 valence electrons. The van der Waals surface area contributed by atoms with Crippen LogP contribution < -0.4 is 9.50 Å². The van der Waals surface area contributed by atoms with Crippen molar-refractivity contribution in [1.82, 2.24) is 5.32 Å². The number of alkyl carbamates (subject to hydrolysis) is 1. The fraction of sp³-hybridized carbons (Fsp3) is 0.529. The summed E-state index contributed by atoms with van der Waals surface area (Å²) in [6, 6.07) is 6.01. The van der Waals surface area contributed by atoms with Crippen LogP contribution in [0.25, 0.3) is 0 Å². The van der Waals surface area contributed by atoms with Crippen LogP contribution in [0.4, 0.5) is 4.79 Å². The van der Waals surface area contributed by atoms with Gasteiger partial charge in [0.2, 0.25) is 0 Å².